The standard InChI is InChI=1S/C17H30N2O4S/c1-17(2)13-4-3-12(16(17)7-13)10-23-11-14(20)8-19-6-5-15(9-19)24(18,21)22/h3,13-16,20H,4-11H2,1-2H3,(H2,18,21,22)/t13-,14+,15+,16+/m0/s1. The van der Waals surface area contributed by atoms with Crippen molar-refractivity contribution in [3.63, 3.8) is 0 Å². The maximum absolute atomic E-state index is 11.4. The van der Waals surface area contributed by atoms with Gasteiger partial charge in [0.1, 0.15) is 0 Å². The number of aliphatic hydroxyl groups is 1. The van der Waals surface area contributed by atoms with Crippen molar-refractivity contribution in [1.29, 1.82) is 0 Å². The van der Waals surface area contributed by atoms with Crippen molar-refractivity contribution in [3.8, 4) is 0 Å². The first-order valence-corrected chi connectivity index (χ1v) is 10.5. The summed E-state index contributed by atoms with van der Waals surface area (Å²) < 4.78 is 28.5. The van der Waals surface area contributed by atoms with E-state index < -0.39 is 21.4 Å². The van der Waals surface area contributed by atoms with E-state index in [1.54, 1.807) is 0 Å². The number of primary sulfonamides is 1. The topological polar surface area (TPSA) is 92.9 Å². The van der Waals surface area contributed by atoms with Gasteiger partial charge in [0.25, 0.3) is 0 Å². The Balaban J connectivity index is 1.38. The fraction of sp³-hybridized carbons (Fsp3) is 0.882. The molecule has 0 spiro atoms. The van der Waals surface area contributed by atoms with Crippen LogP contribution in [0.1, 0.15) is 33.1 Å². The van der Waals surface area contributed by atoms with E-state index in [-0.39, 0.29) is 6.61 Å². The van der Waals surface area contributed by atoms with E-state index in [1.807, 2.05) is 4.90 Å². The predicted octanol–water partition coefficient (Wildman–Crippen LogP) is 0.719. The highest BCUT2D eigenvalue weighted by molar-refractivity contribution is 7.89. The molecule has 1 heterocycles. The molecule has 4 rings (SSSR count). The molecule has 0 aromatic rings. The summed E-state index contributed by atoms with van der Waals surface area (Å²) in [4.78, 5) is 1.95. The van der Waals surface area contributed by atoms with Crippen LogP contribution in [0.3, 0.4) is 0 Å². The smallest absolute Gasteiger partial charge is 0.213 e. The van der Waals surface area contributed by atoms with Crippen molar-refractivity contribution >= 4 is 10.0 Å². The number of nitrogens with zero attached hydrogens (tertiary/aromatic N) is 1. The lowest BCUT2D eigenvalue weighted by molar-refractivity contribution is -0.0256. The van der Waals surface area contributed by atoms with Crippen LogP contribution < -0.4 is 5.14 Å². The predicted molar refractivity (Wildman–Crippen MR) is 92.9 cm³/mol. The number of fused-ring (bicyclic) bond motifs is 1. The number of ether oxygens (including phenoxy) is 1. The molecule has 0 unspecified atom stereocenters. The van der Waals surface area contributed by atoms with Crippen molar-refractivity contribution < 1.29 is 18.3 Å². The zero-order valence-corrected chi connectivity index (χ0v) is 15.5. The summed E-state index contributed by atoms with van der Waals surface area (Å²) in [5.74, 6) is 1.45. The third-order valence-corrected chi connectivity index (χ3v) is 7.64. The van der Waals surface area contributed by atoms with Gasteiger partial charge in [-0.05, 0) is 48.6 Å². The van der Waals surface area contributed by atoms with Crippen molar-refractivity contribution in [1.82, 2.24) is 4.90 Å². The zero-order valence-electron chi connectivity index (χ0n) is 14.6. The minimum Gasteiger partial charge on any atom is -0.389 e. The highest BCUT2D eigenvalue weighted by Gasteiger charge is 2.50. The lowest BCUT2D eigenvalue weighted by atomic mass is 9.49. The first-order chi connectivity index (χ1) is 11.2. The minimum atomic E-state index is -3.48. The van der Waals surface area contributed by atoms with Crippen LogP contribution in [0, 0.1) is 17.3 Å². The Morgan fingerprint density at radius 1 is 1.50 bits per heavy atom. The third-order valence-electron chi connectivity index (χ3n) is 6.32. The SMILES string of the molecule is CC1(C)[C@H]2CC=C(COC[C@H](O)CN3CC[C@@H](S(N)(=O)=O)C3)[C@H]1C2. The first kappa shape index (κ1) is 18.3. The Bertz CT molecular complexity index is 602. The Labute approximate surface area is 145 Å². The number of hydrogen-bond donors (Lipinski definition) is 2. The largest absolute Gasteiger partial charge is 0.389 e. The molecule has 3 N–H and O–H groups in total. The molecular formula is C17H30N2O4S. The van der Waals surface area contributed by atoms with Crippen LogP contribution in [0.5, 0.6) is 0 Å². The van der Waals surface area contributed by atoms with Crippen LogP contribution >= 0.6 is 0 Å². The van der Waals surface area contributed by atoms with Gasteiger partial charge >= 0.3 is 0 Å². The van der Waals surface area contributed by atoms with Gasteiger partial charge in [0.15, 0.2) is 0 Å². The minimum absolute atomic E-state index is 0.282. The van der Waals surface area contributed by atoms with Gasteiger partial charge in [-0.2, -0.15) is 0 Å². The molecule has 2 fully saturated rings. The number of allylic oxidation sites excluding steroid dienone is 1. The van der Waals surface area contributed by atoms with Crippen molar-refractivity contribution in [2.45, 2.75) is 44.5 Å². The van der Waals surface area contributed by atoms with Crippen LogP contribution in [0.15, 0.2) is 11.6 Å². The van der Waals surface area contributed by atoms with Gasteiger partial charge in [0.05, 0.1) is 24.6 Å². The van der Waals surface area contributed by atoms with E-state index in [0.717, 1.165) is 12.3 Å². The van der Waals surface area contributed by atoms with Gasteiger partial charge in [-0.25, -0.2) is 13.6 Å². The molecule has 6 nitrogen and oxygen atoms in total. The summed E-state index contributed by atoms with van der Waals surface area (Å²) in [6, 6.07) is 0. The number of likely N-dealkylation sites (tertiary alicyclic amines) is 1. The van der Waals surface area contributed by atoms with Crippen molar-refractivity contribution in [2.75, 3.05) is 32.8 Å². The maximum Gasteiger partial charge on any atom is 0.213 e. The van der Waals surface area contributed by atoms with Gasteiger partial charge in [-0.3, -0.25) is 4.90 Å². The molecule has 138 valence electrons. The lowest BCUT2D eigenvalue weighted by Crippen LogP contribution is -2.48. The van der Waals surface area contributed by atoms with E-state index in [0.29, 0.717) is 44.0 Å². The monoisotopic (exact) mass is 358 g/mol. The molecule has 0 radical (unpaired) electrons. The van der Waals surface area contributed by atoms with E-state index in [2.05, 4.69) is 19.9 Å². The highest BCUT2D eigenvalue weighted by Crippen LogP contribution is 2.59. The second-order valence-corrected chi connectivity index (χ2v) is 10.1. The molecule has 7 heteroatoms. The van der Waals surface area contributed by atoms with Crippen molar-refractivity contribution in [3.05, 3.63) is 11.6 Å². The van der Waals surface area contributed by atoms with Crippen LogP contribution in [0.4, 0.5) is 0 Å². The Hall–Kier alpha value is -0.470. The molecular weight excluding hydrogens is 328 g/mol. The highest BCUT2D eigenvalue weighted by atomic mass is 32.2. The summed E-state index contributed by atoms with van der Waals surface area (Å²) in [7, 11) is -3.48. The molecule has 0 amide bonds. The molecule has 3 aliphatic carbocycles. The second kappa shape index (κ2) is 6.68. The van der Waals surface area contributed by atoms with E-state index >= 15 is 0 Å². The molecule has 1 saturated carbocycles. The van der Waals surface area contributed by atoms with Gasteiger partial charge in [-0.1, -0.05) is 19.9 Å². The molecule has 0 aromatic heterocycles. The summed E-state index contributed by atoms with van der Waals surface area (Å²) in [6.45, 7) is 7.04. The Morgan fingerprint density at radius 2 is 2.25 bits per heavy atom. The Morgan fingerprint density at radius 3 is 2.83 bits per heavy atom. The van der Waals surface area contributed by atoms with Gasteiger partial charge in [0, 0.05) is 13.1 Å². The summed E-state index contributed by atoms with van der Waals surface area (Å²) >= 11 is 0. The number of sulfonamides is 1. The van der Waals surface area contributed by atoms with Gasteiger partial charge < -0.3 is 9.84 Å². The number of β-amino-alcohol motifs (C(OH)–C–C–N with tert-alkyl or cyclic N) is 1. The van der Waals surface area contributed by atoms with Crippen LogP contribution in [-0.2, 0) is 14.8 Å². The maximum atomic E-state index is 11.4. The van der Waals surface area contributed by atoms with Gasteiger partial charge in [0.2, 0.25) is 10.0 Å². The Kier molecular flexibility index (Phi) is 5.10. The zero-order chi connectivity index (χ0) is 17.5. The number of hydrogen-bond acceptors (Lipinski definition) is 5. The number of rotatable bonds is 7. The first-order valence-electron chi connectivity index (χ1n) is 8.86. The van der Waals surface area contributed by atoms with Crippen LogP contribution in [0.2, 0.25) is 0 Å². The van der Waals surface area contributed by atoms with Crippen LogP contribution in [-0.4, -0.2) is 62.6 Å². The van der Waals surface area contributed by atoms with Crippen LogP contribution in [0.25, 0.3) is 0 Å². The lowest BCUT2D eigenvalue weighted by Gasteiger charge is -2.56. The van der Waals surface area contributed by atoms with Crippen molar-refractivity contribution in [2.24, 2.45) is 22.4 Å². The molecule has 1 saturated heterocycles. The fourth-order valence-electron chi connectivity index (χ4n) is 4.54. The normalized spacial score (nSPS) is 33.8. The van der Waals surface area contributed by atoms with E-state index in [9.17, 15) is 13.5 Å². The molecule has 0 aromatic carbocycles. The van der Waals surface area contributed by atoms with E-state index in [1.165, 1.54) is 12.0 Å². The average Bonchev–Trinajstić information content (AvgIpc) is 2.95. The fourth-order valence-corrected chi connectivity index (χ4v) is 5.39. The number of aliphatic hydroxyl groups excluding tert-OH is 1. The van der Waals surface area contributed by atoms with E-state index in [4.69, 9.17) is 9.88 Å². The van der Waals surface area contributed by atoms with Gasteiger partial charge in [-0.15, -0.1) is 0 Å². The third kappa shape index (κ3) is 3.70. The molecule has 4 aliphatic rings. The summed E-state index contributed by atoms with van der Waals surface area (Å²) in [5, 5.41) is 14.8. The molecule has 24 heavy (non-hydrogen) atoms. The second-order valence-electron chi connectivity index (χ2n) is 8.25. The molecule has 4 atom stereocenters. The molecule has 1 aliphatic heterocycles. The number of nitrogens with two attached hydrogens (primary N) is 1. The summed E-state index contributed by atoms with van der Waals surface area (Å²) in [5.41, 5.74) is 1.77. The summed E-state index contributed by atoms with van der Waals surface area (Å²) in [6.07, 6.45) is 4.67. The average molecular weight is 359 g/mol. The quantitative estimate of drug-likeness (QED) is 0.654. The molecule has 2 bridgehead atoms.